The first-order valence-corrected chi connectivity index (χ1v) is 5.45. The van der Waals surface area contributed by atoms with E-state index in [4.69, 9.17) is 0 Å². The van der Waals surface area contributed by atoms with Crippen LogP contribution in [0.3, 0.4) is 0 Å². The second-order valence-electron chi connectivity index (χ2n) is 2.94. The number of benzene rings is 1. The zero-order chi connectivity index (χ0) is 11.4. The van der Waals surface area contributed by atoms with E-state index < -0.39 is 16.1 Å². The van der Waals surface area contributed by atoms with Crippen molar-refractivity contribution in [2.24, 2.45) is 0 Å². The van der Waals surface area contributed by atoms with Gasteiger partial charge in [-0.25, -0.2) is 0 Å². The van der Waals surface area contributed by atoms with Crippen molar-refractivity contribution < 1.29 is 14.3 Å². The molecule has 0 saturated heterocycles. The second-order valence-corrected chi connectivity index (χ2v) is 4.39. The van der Waals surface area contributed by atoms with Crippen LogP contribution in [-0.2, 0) is 16.0 Å². The summed E-state index contributed by atoms with van der Waals surface area (Å²) in [6.07, 6.45) is 0. The molecule has 6 heteroatoms. The maximum absolute atomic E-state index is 11.5. The van der Waals surface area contributed by atoms with E-state index in [0.29, 0.717) is 4.90 Å². The summed E-state index contributed by atoms with van der Waals surface area (Å²) in [7, 11) is 0. The Labute approximate surface area is 89.4 Å². The van der Waals surface area contributed by atoms with E-state index in [1.165, 1.54) is 31.2 Å². The van der Waals surface area contributed by atoms with E-state index in [2.05, 4.69) is 0 Å². The molecule has 1 aromatic carbocycles. The maximum Gasteiger partial charge on any atom is 0.269 e. The van der Waals surface area contributed by atoms with Crippen molar-refractivity contribution in [2.75, 3.05) is 5.75 Å². The summed E-state index contributed by atoms with van der Waals surface area (Å²) in [5.74, 6) is -0.232. The van der Waals surface area contributed by atoms with E-state index in [1.54, 1.807) is 0 Å². The number of ketones is 1. The molecule has 0 spiro atoms. The molecule has 1 unspecified atom stereocenters. The second kappa shape index (κ2) is 4.90. The number of Topliss-reactive ketones (excluding diaryl/α,β-unsaturated/α-hetero) is 1. The first-order valence-electron chi connectivity index (χ1n) is 4.13. The molecule has 1 atom stereocenters. The lowest BCUT2D eigenvalue weighted by molar-refractivity contribution is -0.384. The number of rotatable bonds is 4. The third kappa shape index (κ3) is 3.34. The van der Waals surface area contributed by atoms with Gasteiger partial charge in [0.05, 0.1) is 4.92 Å². The number of hydrogen-bond donors (Lipinski definition) is 0. The molecule has 1 rings (SSSR count). The Kier molecular flexibility index (Phi) is 3.81. The van der Waals surface area contributed by atoms with Crippen molar-refractivity contribution in [3.8, 4) is 0 Å². The fraction of sp³-hybridized carbons (Fsp3) is 0.222. The van der Waals surface area contributed by atoms with Crippen LogP contribution in [0.25, 0.3) is 0 Å². The molecule has 15 heavy (non-hydrogen) atoms. The van der Waals surface area contributed by atoms with Gasteiger partial charge in [-0.05, 0) is 18.1 Å². The highest BCUT2D eigenvalue weighted by Crippen LogP contribution is 2.16. The Morgan fingerprint density at radius 3 is 2.33 bits per heavy atom. The lowest BCUT2D eigenvalue weighted by atomic mass is 10.3. The fourth-order valence-electron chi connectivity index (χ4n) is 0.988. The molecule has 0 radical (unpaired) electrons. The van der Waals surface area contributed by atoms with Crippen LogP contribution >= 0.6 is 0 Å². The molecular weight excluding hydrogens is 218 g/mol. The lowest BCUT2D eigenvalue weighted by Crippen LogP contribution is -2.13. The highest BCUT2D eigenvalue weighted by atomic mass is 32.2. The van der Waals surface area contributed by atoms with E-state index in [9.17, 15) is 19.5 Å². The Morgan fingerprint density at radius 2 is 1.93 bits per heavy atom. The zero-order valence-electron chi connectivity index (χ0n) is 8.00. The van der Waals surface area contributed by atoms with Gasteiger partial charge < -0.3 is 4.55 Å². The molecular formula is C9H9NO4S. The van der Waals surface area contributed by atoms with Gasteiger partial charge in [-0.1, -0.05) is 0 Å². The van der Waals surface area contributed by atoms with Crippen LogP contribution < -0.4 is 0 Å². The Bertz CT molecular complexity index is 376. The van der Waals surface area contributed by atoms with E-state index in [0.717, 1.165) is 0 Å². The fourth-order valence-corrected chi connectivity index (χ4v) is 1.96. The molecule has 0 aliphatic heterocycles. The number of nitrogens with zero attached hydrogens (tertiary/aromatic N) is 1. The molecule has 0 saturated carbocycles. The molecule has 0 fully saturated rings. The van der Waals surface area contributed by atoms with E-state index in [-0.39, 0.29) is 17.2 Å². The summed E-state index contributed by atoms with van der Waals surface area (Å²) in [6, 6.07) is 5.34. The van der Waals surface area contributed by atoms with Gasteiger partial charge >= 0.3 is 0 Å². The predicted octanol–water partition coefficient (Wildman–Crippen LogP) is 1.29. The molecule has 0 aliphatic rings. The van der Waals surface area contributed by atoms with Gasteiger partial charge in [0.2, 0.25) is 0 Å². The monoisotopic (exact) mass is 227 g/mol. The summed E-state index contributed by atoms with van der Waals surface area (Å²) in [5.41, 5.74) is -0.0569. The van der Waals surface area contributed by atoms with E-state index >= 15 is 0 Å². The minimum atomic E-state index is -1.41. The number of non-ortho nitro benzene ring substituents is 1. The van der Waals surface area contributed by atoms with Crippen LogP contribution in [0.1, 0.15) is 6.92 Å². The van der Waals surface area contributed by atoms with Gasteiger partial charge in [-0.15, -0.1) is 0 Å². The standard InChI is InChI=1S/C9H9NO4S/c1-7(11)6-15(14)9-4-2-8(3-5-9)10(12)13/h2-5H,6H2,1H3. The van der Waals surface area contributed by atoms with Crippen molar-refractivity contribution in [1.29, 1.82) is 0 Å². The highest BCUT2D eigenvalue weighted by molar-refractivity contribution is 7.92. The third-order valence-electron chi connectivity index (χ3n) is 1.64. The van der Waals surface area contributed by atoms with Crippen LogP contribution in [0.4, 0.5) is 5.69 Å². The highest BCUT2D eigenvalue weighted by Gasteiger charge is 2.14. The van der Waals surface area contributed by atoms with Crippen molar-refractivity contribution in [3.63, 3.8) is 0 Å². The van der Waals surface area contributed by atoms with Crippen molar-refractivity contribution in [2.45, 2.75) is 11.8 Å². The number of hydrogen-bond acceptors (Lipinski definition) is 4. The number of carbonyl (C=O) groups is 1. The van der Waals surface area contributed by atoms with Crippen LogP contribution in [0, 0.1) is 10.1 Å². The molecule has 0 aromatic heterocycles. The number of nitro benzene ring substituents is 1. The van der Waals surface area contributed by atoms with Gasteiger partial charge in [0.25, 0.3) is 5.69 Å². The average Bonchev–Trinajstić information content (AvgIpc) is 2.17. The Balaban J connectivity index is 2.79. The van der Waals surface area contributed by atoms with Gasteiger partial charge in [0.15, 0.2) is 16.4 Å². The Hall–Kier alpha value is -1.40. The smallest absolute Gasteiger partial charge is 0.269 e. The SMILES string of the molecule is CC(=O)C[S+]([O-])c1ccc([N+](=O)[O-])cc1. The molecule has 5 nitrogen and oxygen atoms in total. The molecule has 0 bridgehead atoms. The van der Waals surface area contributed by atoms with Crippen molar-refractivity contribution in [1.82, 2.24) is 0 Å². The molecule has 80 valence electrons. The number of carbonyl (C=O) groups excluding carboxylic acids is 1. The maximum atomic E-state index is 11.5. The molecule has 0 heterocycles. The average molecular weight is 227 g/mol. The first-order chi connectivity index (χ1) is 7.00. The summed E-state index contributed by atoms with van der Waals surface area (Å²) < 4.78 is 11.5. The Morgan fingerprint density at radius 1 is 1.40 bits per heavy atom. The van der Waals surface area contributed by atoms with Gasteiger partial charge in [0.1, 0.15) is 0 Å². The van der Waals surface area contributed by atoms with Gasteiger partial charge in [0, 0.05) is 24.3 Å². The molecule has 0 amide bonds. The molecule has 1 aromatic rings. The normalized spacial score (nSPS) is 12.1. The van der Waals surface area contributed by atoms with Crippen LogP contribution in [0.15, 0.2) is 29.2 Å². The van der Waals surface area contributed by atoms with Crippen LogP contribution in [0.5, 0.6) is 0 Å². The van der Waals surface area contributed by atoms with Crippen molar-refractivity contribution >= 4 is 22.6 Å². The lowest BCUT2D eigenvalue weighted by Gasteiger charge is -2.07. The molecule has 0 N–H and O–H groups in total. The minimum absolute atomic E-state index is 0.0569. The zero-order valence-corrected chi connectivity index (χ0v) is 8.82. The summed E-state index contributed by atoms with van der Waals surface area (Å²) in [4.78, 5) is 20.9. The predicted molar refractivity (Wildman–Crippen MR) is 55.1 cm³/mol. The van der Waals surface area contributed by atoms with E-state index in [1.807, 2.05) is 0 Å². The summed E-state index contributed by atoms with van der Waals surface area (Å²) in [6.45, 7) is 1.35. The topological polar surface area (TPSA) is 83.3 Å². The summed E-state index contributed by atoms with van der Waals surface area (Å²) >= 11 is -1.41. The first kappa shape index (κ1) is 11.7. The van der Waals surface area contributed by atoms with Crippen molar-refractivity contribution in [3.05, 3.63) is 34.4 Å². The minimum Gasteiger partial charge on any atom is -0.611 e. The quantitative estimate of drug-likeness (QED) is 0.441. The van der Waals surface area contributed by atoms with Gasteiger partial charge in [-0.2, -0.15) is 0 Å². The largest absolute Gasteiger partial charge is 0.611 e. The molecule has 0 aliphatic carbocycles. The summed E-state index contributed by atoms with van der Waals surface area (Å²) in [5, 5.41) is 10.3. The van der Waals surface area contributed by atoms with Gasteiger partial charge in [-0.3, -0.25) is 14.9 Å². The van der Waals surface area contributed by atoms with Crippen LogP contribution in [-0.4, -0.2) is 21.0 Å². The number of nitro groups is 1. The van der Waals surface area contributed by atoms with Crippen LogP contribution in [0.2, 0.25) is 0 Å². The third-order valence-corrected chi connectivity index (χ3v) is 3.11.